The van der Waals surface area contributed by atoms with Crippen molar-refractivity contribution in [2.24, 2.45) is 0 Å². The molecule has 2 aromatic rings. The van der Waals surface area contributed by atoms with Crippen LogP contribution in [0.4, 0.5) is 5.69 Å². The van der Waals surface area contributed by atoms with Crippen LogP contribution in [0.5, 0.6) is 17.2 Å². The molecule has 1 spiro atoms. The Hall–Kier alpha value is -2.62. The predicted octanol–water partition coefficient (Wildman–Crippen LogP) is 4.23. The van der Waals surface area contributed by atoms with Crippen LogP contribution >= 0.6 is 0 Å². The van der Waals surface area contributed by atoms with E-state index in [0.717, 1.165) is 28.5 Å². The number of hydrogen-bond donors (Lipinski definition) is 0. The molecule has 0 unspecified atom stereocenters. The number of para-hydroxylation sites is 1. The summed E-state index contributed by atoms with van der Waals surface area (Å²) in [4.78, 5) is 2.20. The molecule has 130 valence electrons. The van der Waals surface area contributed by atoms with Crippen molar-refractivity contribution >= 4 is 11.8 Å². The smallest absolute Gasteiger partial charge is 0.212 e. The van der Waals surface area contributed by atoms with Gasteiger partial charge < -0.3 is 19.1 Å². The summed E-state index contributed by atoms with van der Waals surface area (Å²) in [5, 5.41) is 0. The van der Waals surface area contributed by atoms with E-state index in [9.17, 15) is 0 Å². The highest BCUT2D eigenvalue weighted by Crippen LogP contribution is 2.55. The first-order valence-corrected chi connectivity index (χ1v) is 8.42. The summed E-state index contributed by atoms with van der Waals surface area (Å²) in [5.74, 6) is 2.39. The Bertz CT molecular complexity index is 871. The van der Waals surface area contributed by atoms with Gasteiger partial charge >= 0.3 is 0 Å². The van der Waals surface area contributed by atoms with Crippen molar-refractivity contribution in [1.29, 1.82) is 0 Å². The highest BCUT2D eigenvalue weighted by Gasteiger charge is 2.58. The summed E-state index contributed by atoms with van der Waals surface area (Å²) in [6, 6.07) is 12.1. The average molecular weight is 337 g/mol. The van der Waals surface area contributed by atoms with Crippen LogP contribution in [0.25, 0.3) is 6.08 Å². The highest BCUT2D eigenvalue weighted by molar-refractivity contribution is 5.74. The molecule has 2 aliphatic rings. The summed E-state index contributed by atoms with van der Waals surface area (Å²) in [5.41, 5.74) is 2.48. The largest absolute Gasteiger partial charge is 0.497 e. The minimum atomic E-state index is -0.622. The molecule has 0 bridgehead atoms. The van der Waals surface area contributed by atoms with Crippen LogP contribution in [-0.4, -0.2) is 27.0 Å². The lowest BCUT2D eigenvalue weighted by Gasteiger charge is -2.46. The van der Waals surface area contributed by atoms with E-state index in [1.54, 1.807) is 14.2 Å². The van der Waals surface area contributed by atoms with Crippen LogP contribution in [0.1, 0.15) is 25.0 Å². The van der Waals surface area contributed by atoms with Gasteiger partial charge in [0.1, 0.15) is 5.75 Å². The minimum Gasteiger partial charge on any atom is -0.497 e. The van der Waals surface area contributed by atoms with E-state index < -0.39 is 5.72 Å². The zero-order chi connectivity index (χ0) is 17.8. The average Bonchev–Trinajstić information content (AvgIpc) is 2.79. The quantitative estimate of drug-likeness (QED) is 0.820. The predicted molar refractivity (Wildman–Crippen MR) is 99.8 cm³/mol. The monoisotopic (exact) mass is 337 g/mol. The molecular weight excluding hydrogens is 314 g/mol. The normalized spacial score (nSPS) is 22.4. The van der Waals surface area contributed by atoms with E-state index in [1.165, 1.54) is 5.56 Å². The second-order valence-corrected chi connectivity index (χ2v) is 7.08. The third-order valence-electron chi connectivity index (χ3n) is 5.61. The van der Waals surface area contributed by atoms with Crippen LogP contribution in [0, 0.1) is 0 Å². The van der Waals surface area contributed by atoms with Crippen molar-refractivity contribution < 1.29 is 14.2 Å². The molecular formula is C21H23NO3. The van der Waals surface area contributed by atoms with Crippen LogP contribution in [0.15, 0.2) is 42.5 Å². The van der Waals surface area contributed by atoms with Gasteiger partial charge in [-0.25, -0.2) is 0 Å². The van der Waals surface area contributed by atoms with E-state index >= 15 is 0 Å². The summed E-state index contributed by atoms with van der Waals surface area (Å²) >= 11 is 0. The van der Waals surface area contributed by atoms with Gasteiger partial charge in [-0.05, 0) is 55.8 Å². The first-order chi connectivity index (χ1) is 11.9. The summed E-state index contributed by atoms with van der Waals surface area (Å²) < 4.78 is 17.6. The Balaban J connectivity index is 1.89. The number of methoxy groups -OCH3 is 2. The van der Waals surface area contributed by atoms with Gasteiger partial charge in [-0.2, -0.15) is 0 Å². The standard InChI is InChI=1S/C21H23NO3/c1-20(2)16-13-15(23-4)9-10-17(16)22(3)21(20)12-11-14-7-6-8-18(24-5)19(14)25-21/h6-13H,1-5H3/t21-/m0/s1. The number of nitrogens with zero attached hydrogens (tertiary/aromatic N) is 1. The van der Waals surface area contributed by atoms with Gasteiger partial charge in [-0.3, -0.25) is 0 Å². The number of benzene rings is 2. The molecule has 0 amide bonds. The van der Waals surface area contributed by atoms with Gasteiger partial charge in [0.2, 0.25) is 5.72 Å². The van der Waals surface area contributed by atoms with E-state index in [-0.39, 0.29) is 5.41 Å². The maximum Gasteiger partial charge on any atom is 0.212 e. The molecule has 4 heteroatoms. The SMILES string of the molecule is COc1ccc2c(c1)C(C)(C)[C@@]1(C=Cc3cccc(OC)c3O1)N2C. The molecule has 1 atom stereocenters. The molecule has 0 saturated carbocycles. The molecule has 0 aliphatic carbocycles. The lowest BCUT2D eigenvalue weighted by Crippen LogP contribution is -2.58. The molecule has 0 fully saturated rings. The fraction of sp³-hybridized carbons (Fsp3) is 0.333. The highest BCUT2D eigenvalue weighted by atomic mass is 16.5. The maximum absolute atomic E-state index is 6.66. The third-order valence-corrected chi connectivity index (χ3v) is 5.61. The summed E-state index contributed by atoms with van der Waals surface area (Å²) in [6.45, 7) is 4.42. The Kier molecular flexibility index (Phi) is 3.29. The van der Waals surface area contributed by atoms with Crippen molar-refractivity contribution in [3.63, 3.8) is 0 Å². The first-order valence-electron chi connectivity index (χ1n) is 8.42. The molecule has 2 aromatic carbocycles. The number of ether oxygens (including phenoxy) is 3. The Morgan fingerprint density at radius 2 is 1.84 bits per heavy atom. The molecule has 4 rings (SSSR count). The van der Waals surface area contributed by atoms with E-state index in [0.29, 0.717) is 0 Å². The summed E-state index contributed by atoms with van der Waals surface area (Å²) in [7, 11) is 5.44. The van der Waals surface area contributed by atoms with Crippen LogP contribution < -0.4 is 19.1 Å². The van der Waals surface area contributed by atoms with Crippen molar-refractivity contribution in [2.45, 2.75) is 25.0 Å². The maximum atomic E-state index is 6.66. The van der Waals surface area contributed by atoms with Crippen LogP contribution in [-0.2, 0) is 5.41 Å². The van der Waals surface area contributed by atoms with Crippen LogP contribution in [0.2, 0.25) is 0 Å². The molecule has 0 N–H and O–H groups in total. The van der Waals surface area contributed by atoms with Gasteiger partial charge in [-0.1, -0.05) is 12.1 Å². The minimum absolute atomic E-state index is 0.277. The van der Waals surface area contributed by atoms with Gasteiger partial charge in [0, 0.05) is 18.3 Å². The number of rotatable bonds is 2. The fourth-order valence-corrected chi connectivity index (χ4v) is 4.07. The third kappa shape index (κ3) is 1.94. The van der Waals surface area contributed by atoms with Crippen LogP contribution in [0.3, 0.4) is 0 Å². The topological polar surface area (TPSA) is 30.9 Å². The Morgan fingerprint density at radius 1 is 1.04 bits per heavy atom. The molecule has 25 heavy (non-hydrogen) atoms. The lowest BCUT2D eigenvalue weighted by molar-refractivity contribution is 0.0551. The zero-order valence-electron chi connectivity index (χ0n) is 15.3. The fourth-order valence-electron chi connectivity index (χ4n) is 4.07. The zero-order valence-corrected chi connectivity index (χ0v) is 15.3. The molecule has 0 saturated heterocycles. The van der Waals surface area contributed by atoms with Crippen molar-refractivity contribution in [1.82, 2.24) is 0 Å². The van der Waals surface area contributed by atoms with Gasteiger partial charge in [0.15, 0.2) is 11.5 Å². The first kappa shape index (κ1) is 15.9. The van der Waals surface area contributed by atoms with Gasteiger partial charge in [-0.15, -0.1) is 0 Å². The number of likely N-dealkylation sites (N-methyl/N-ethyl adjacent to an activating group) is 1. The van der Waals surface area contributed by atoms with E-state index in [1.807, 2.05) is 24.3 Å². The Morgan fingerprint density at radius 3 is 2.56 bits per heavy atom. The molecule has 2 aliphatic heterocycles. The number of anilines is 1. The second-order valence-electron chi connectivity index (χ2n) is 7.08. The lowest BCUT2D eigenvalue weighted by atomic mass is 9.76. The van der Waals surface area contributed by atoms with E-state index in [2.05, 4.69) is 50.1 Å². The second kappa shape index (κ2) is 5.19. The molecule has 4 nitrogen and oxygen atoms in total. The van der Waals surface area contributed by atoms with Crippen molar-refractivity contribution in [3.05, 3.63) is 53.6 Å². The molecule has 0 radical (unpaired) electrons. The number of hydrogen-bond acceptors (Lipinski definition) is 4. The molecule has 2 heterocycles. The Labute approximate surface area is 148 Å². The van der Waals surface area contributed by atoms with E-state index in [4.69, 9.17) is 14.2 Å². The van der Waals surface area contributed by atoms with Gasteiger partial charge in [0.05, 0.1) is 19.6 Å². The van der Waals surface area contributed by atoms with Gasteiger partial charge in [0.25, 0.3) is 0 Å². The number of fused-ring (bicyclic) bond motifs is 2. The van der Waals surface area contributed by atoms with Crippen molar-refractivity contribution in [3.8, 4) is 17.2 Å². The van der Waals surface area contributed by atoms with Crippen molar-refractivity contribution in [2.75, 3.05) is 26.2 Å². The summed E-state index contributed by atoms with van der Waals surface area (Å²) in [6.07, 6.45) is 4.28. The molecule has 0 aromatic heterocycles.